The molecule has 0 aromatic carbocycles. The Kier molecular flexibility index (Phi) is 6.72. The summed E-state index contributed by atoms with van der Waals surface area (Å²) in [7, 11) is -3.12. The highest BCUT2D eigenvalue weighted by atomic mass is 32.2. The maximum atomic E-state index is 11.6. The summed E-state index contributed by atoms with van der Waals surface area (Å²) in [5.41, 5.74) is 0. The van der Waals surface area contributed by atoms with E-state index in [0.29, 0.717) is 13.0 Å². The van der Waals surface area contributed by atoms with Gasteiger partial charge in [0.2, 0.25) is 10.0 Å². The van der Waals surface area contributed by atoms with Crippen LogP contribution < -0.4 is 10.0 Å². The molecule has 1 aromatic rings. The Hall–Kier alpha value is -0.430. The van der Waals surface area contributed by atoms with Gasteiger partial charge in [0.1, 0.15) is 0 Å². The SMILES string of the molecule is CCNCCCCS(=O)(=O)NCc1cccs1. The van der Waals surface area contributed by atoms with E-state index in [9.17, 15) is 8.42 Å². The summed E-state index contributed by atoms with van der Waals surface area (Å²) in [5, 5.41) is 5.12. The molecule has 0 amide bonds. The van der Waals surface area contributed by atoms with Gasteiger partial charge in [-0.15, -0.1) is 11.3 Å². The Morgan fingerprint density at radius 3 is 2.82 bits per heavy atom. The Labute approximate surface area is 107 Å². The van der Waals surface area contributed by atoms with E-state index in [2.05, 4.69) is 10.0 Å². The lowest BCUT2D eigenvalue weighted by molar-refractivity contribution is 0.574. The van der Waals surface area contributed by atoms with Gasteiger partial charge in [-0.3, -0.25) is 0 Å². The van der Waals surface area contributed by atoms with Gasteiger partial charge in [0.15, 0.2) is 0 Å². The monoisotopic (exact) mass is 276 g/mol. The van der Waals surface area contributed by atoms with E-state index < -0.39 is 10.0 Å². The van der Waals surface area contributed by atoms with E-state index in [0.717, 1.165) is 24.4 Å². The molecule has 1 rings (SSSR count). The lowest BCUT2D eigenvalue weighted by Gasteiger charge is -2.05. The van der Waals surface area contributed by atoms with Gasteiger partial charge >= 0.3 is 0 Å². The fourth-order valence-electron chi connectivity index (χ4n) is 1.39. The van der Waals surface area contributed by atoms with Gasteiger partial charge in [0.25, 0.3) is 0 Å². The Bertz CT molecular complexity index is 388. The number of hydrogen-bond acceptors (Lipinski definition) is 4. The van der Waals surface area contributed by atoms with E-state index in [1.807, 2.05) is 24.4 Å². The minimum absolute atomic E-state index is 0.212. The number of nitrogens with one attached hydrogen (secondary N) is 2. The van der Waals surface area contributed by atoms with E-state index in [-0.39, 0.29) is 5.75 Å². The molecule has 0 saturated heterocycles. The Morgan fingerprint density at radius 1 is 1.35 bits per heavy atom. The van der Waals surface area contributed by atoms with E-state index in [1.165, 1.54) is 0 Å². The number of unbranched alkanes of at least 4 members (excludes halogenated alkanes) is 1. The quantitative estimate of drug-likeness (QED) is 0.673. The maximum absolute atomic E-state index is 11.6. The molecular formula is C11H20N2O2S2. The van der Waals surface area contributed by atoms with Crippen molar-refractivity contribution in [2.45, 2.75) is 26.3 Å². The molecule has 0 aliphatic rings. The number of sulfonamides is 1. The van der Waals surface area contributed by atoms with E-state index in [4.69, 9.17) is 0 Å². The molecule has 4 nitrogen and oxygen atoms in total. The first-order valence-electron chi connectivity index (χ1n) is 5.84. The third-order valence-electron chi connectivity index (χ3n) is 2.31. The van der Waals surface area contributed by atoms with Crippen molar-refractivity contribution in [3.8, 4) is 0 Å². The van der Waals surface area contributed by atoms with E-state index in [1.54, 1.807) is 11.3 Å². The first-order valence-corrected chi connectivity index (χ1v) is 8.37. The molecule has 0 fully saturated rings. The summed E-state index contributed by atoms with van der Waals surface area (Å²) in [6, 6.07) is 3.85. The van der Waals surface area contributed by atoms with Gasteiger partial charge in [0, 0.05) is 11.4 Å². The van der Waals surface area contributed by atoms with Gasteiger partial charge in [-0.1, -0.05) is 13.0 Å². The highest BCUT2D eigenvalue weighted by Crippen LogP contribution is 2.08. The maximum Gasteiger partial charge on any atom is 0.211 e. The van der Waals surface area contributed by atoms with Crippen molar-refractivity contribution in [2.24, 2.45) is 0 Å². The smallest absolute Gasteiger partial charge is 0.211 e. The summed E-state index contributed by atoms with van der Waals surface area (Å²) in [5.74, 6) is 0.212. The van der Waals surface area contributed by atoms with Gasteiger partial charge in [-0.05, 0) is 37.4 Å². The largest absolute Gasteiger partial charge is 0.317 e. The summed E-state index contributed by atoms with van der Waals surface area (Å²) in [4.78, 5) is 1.04. The van der Waals surface area contributed by atoms with Crippen molar-refractivity contribution < 1.29 is 8.42 Å². The van der Waals surface area contributed by atoms with Crippen molar-refractivity contribution in [3.63, 3.8) is 0 Å². The minimum atomic E-state index is -3.12. The second-order valence-corrected chi connectivity index (χ2v) is 6.74. The molecule has 0 atom stereocenters. The Morgan fingerprint density at radius 2 is 2.18 bits per heavy atom. The van der Waals surface area contributed by atoms with Crippen LogP contribution >= 0.6 is 11.3 Å². The molecule has 17 heavy (non-hydrogen) atoms. The van der Waals surface area contributed by atoms with Crippen molar-refractivity contribution in [2.75, 3.05) is 18.8 Å². The van der Waals surface area contributed by atoms with Crippen LogP contribution in [0.5, 0.6) is 0 Å². The third-order valence-corrected chi connectivity index (χ3v) is 4.60. The number of rotatable bonds is 9. The fourth-order valence-corrected chi connectivity index (χ4v) is 3.23. The molecule has 2 N–H and O–H groups in total. The van der Waals surface area contributed by atoms with Crippen LogP contribution in [-0.4, -0.2) is 27.3 Å². The first-order chi connectivity index (χ1) is 8.14. The second kappa shape index (κ2) is 7.81. The van der Waals surface area contributed by atoms with Crippen LogP contribution in [0.4, 0.5) is 0 Å². The van der Waals surface area contributed by atoms with Crippen LogP contribution in [0, 0.1) is 0 Å². The highest BCUT2D eigenvalue weighted by Gasteiger charge is 2.09. The molecule has 0 aliphatic carbocycles. The normalized spacial score (nSPS) is 11.8. The molecule has 0 unspecified atom stereocenters. The van der Waals surface area contributed by atoms with Crippen LogP contribution in [0.2, 0.25) is 0 Å². The topological polar surface area (TPSA) is 58.2 Å². The number of hydrogen-bond donors (Lipinski definition) is 2. The Balaban J connectivity index is 2.17. The predicted octanol–water partition coefficient (Wildman–Crippen LogP) is 1.56. The average Bonchev–Trinajstić information content (AvgIpc) is 2.79. The van der Waals surface area contributed by atoms with Gasteiger partial charge in [0.05, 0.1) is 5.75 Å². The summed E-state index contributed by atoms with van der Waals surface area (Å²) in [6.07, 6.45) is 1.60. The summed E-state index contributed by atoms with van der Waals surface area (Å²) >= 11 is 1.56. The molecular weight excluding hydrogens is 256 g/mol. The van der Waals surface area contributed by atoms with E-state index >= 15 is 0 Å². The molecule has 98 valence electrons. The third kappa shape index (κ3) is 6.78. The van der Waals surface area contributed by atoms with Crippen molar-refractivity contribution in [3.05, 3.63) is 22.4 Å². The van der Waals surface area contributed by atoms with Crippen LogP contribution in [0.15, 0.2) is 17.5 Å². The van der Waals surface area contributed by atoms with Gasteiger partial charge in [-0.25, -0.2) is 13.1 Å². The zero-order chi connectivity index (χ0) is 12.6. The molecule has 1 aromatic heterocycles. The summed E-state index contributed by atoms with van der Waals surface area (Å²) in [6.45, 7) is 4.27. The van der Waals surface area contributed by atoms with Crippen LogP contribution in [0.1, 0.15) is 24.6 Å². The lowest BCUT2D eigenvalue weighted by atomic mass is 10.3. The van der Waals surface area contributed by atoms with Crippen LogP contribution in [0.25, 0.3) is 0 Å². The lowest BCUT2D eigenvalue weighted by Crippen LogP contribution is -2.26. The molecule has 0 bridgehead atoms. The molecule has 0 radical (unpaired) electrons. The second-order valence-electron chi connectivity index (χ2n) is 3.78. The molecule has 0 saturated carbocycles. The molecule has 0 aliphatic heterocycles. The van der Waals surface area contributed by atoms with Crippen molar-refractivity contribution >= 4 is 21.4 Å². The zero-order valence-electron chi connectivity index (χ0n) is 10.1. The molecule has 1 heterocycles. The first kappa shape index (κ1) is 14.6. The average molecular weight is 276 g/mol. The molecule has 6 heteroatoms. The van der Waals surface area contributed by atoms with Crippen molar-refractivity contribution in [1.29, 1.82) is 0 Å². The zero-order valence-corrected chi connectivity index (χ0v) is 11.7. The minimum Gasteiger partial charge on any atom is -0.317 e. The van der Waals surface area contributed by atoms with Crippen molar-refractivity contribution in [1.82, 2.24) is 10.0 Å². The van der Waals surface area contributed by atoms with Gasteiger partial charge in [-0.2, -0.15) is 0 Å². The fraction of sp³-hybridized carbons (Fsp3) is 0.636. The standard InChI is InChI=1S/C11H20N2O2S2/c1-2-12-7-3-4-9-17(14,15)13-10-11-6-5-8-16-11/h5-6,8,12-13H,2-4,7,9-10H2,1H3. The van der Waals surface area contributed by atoms with Crippen LogP contribution in [-0.2, 0) is 16.6 Å². The van der Waals surface area contributed by atoms with Gasteiger partial charge < -0.3 is 5.32 Å². The predicted molar refractivity (Wildman–Crippen MR) is 72.7 cm³/mol. The number of thiophene rings is 1. The highest BCUT2D eigenvalue weighted by molar-refractivity contribution is 7.89. The molecule has 0 spiro atoms. The summed E-state index contributed by atoms with van der Waals surface area (Å²) < 4.78 is 25.9. The van der Waals surface area contributed by atoms with Crippen LogP contribution in [0.3, 0.4) is 0 Å².